The van der Waals surface area contributed by atoms with E-state index in [1.807, 2.05) is 0 Å². The Morgan fingerprint density at radius 3 is 2.73 bits per heavy atom. The summed E-state index contributed by atoms with van der Waals surface area (Å²) in [5, 5.41) is 11.1. The third-order valence-electron chi connectivity index (χ3n) is 2.96. The molecule has 112 valence electrons. The molecule has 2 aromatic carbocycles. The number of rotatable bonds is 5. The Bertz CT molecular complexity index is 756. The molecule has 2 aromatic rings. The predicted molar refractivity (Wildman–Crippen MR) is 84.5 cm³/mol. The lowest BCUT2D eigenvalue weighted by atomic mass is 10.1. The monoisotopic (exact) mass is 317 g/mol. The Balaban J connectivity index is 2.25. The summed E-state index contributed by atoms with van der Waals surface area (Å²) in [6.45, 7) is 0. The second-order valence-corrected chi connectivity index (χ2v) is 4.80. The molecule has 0 radical (unpaired) electrons. The number of carbonyl (C=O) groups is 1. The van der Waals surface area contributed by atoms with E-state index in [0.29, 0.717) is 21.9 Å². The van der Waals surface area contributed by atoms with E-state index in [0.717, 1.165) is 0 Å². The molecule has 0 bridgehead atoms. The summed E-state index contributed by atoms with van der Waals surface area (Å²) < 4.78 is 5.06. The second-order valence-electron chi connectivity index (χ2n) is 4.39. The molecule has 0 saturated carbocycles. The van der Waals surface area contributed by atoms with Crippen LogP contribution >= 0.6 is 11.6 Å². The molecule has 0 heterocycles. The van der Waals surface area contributed by atoms with Crippen LogP contribution in [-0.4, -0.2) is 17.8 Å². The van der Waals surface area contributed by atoms with E-state index in [-0.39, 0.29) is 11.5 Å². The van der Waals surface area contributed by atoms with Gasteiger partial charge in [0.25, 0.3) is 5.69 Å². The average molecular weight is 318 g/mol. The van der Waals surface area contributed by atoms with Crippen molar-refractivity contribution < 1.29 is 14.5 Å². The molecule has 0 unspecified atom stereocenters. The molecule has 0 spiro atoms. The highest BCUT2D eigenvalue weighted by Gasteiger charge is 2.09. The van der Waals surface area contributed by atoms with Crippen molar-refractivity contribution in [3.8, 4) is 5.75 Å². The van der Waals surface area contributed by atoms with E-state index in [1.165, 1.54) is 37.5 Å². The van der Waals surface area contributed by atoms with Crippen molar-refractivity contribution in [2.24, 2.45) is 0 Å². The van der Waals surface area contributed by atoms with Crippen LogP contribution in [0.25, 0.3) is 6.08 Å². The molecule has 0 saturated heterocycles. The minimum atomic E-state index is -0.516. The SMILES string of the molecule is COc1cccc(C(=O)/C=C/c2cc([N+](=O)[O-])ccc2Cl)c1. The van der Waals surface area contributed by atoms with Gasteiger partial charge in [0.05, 0.1) is 12.0 Å². The number of nitro benzene ring substituents is 1. The number of nitrogens with zero attached hydrogens (tertiary/aromatic N) is 1. The van der Waals surface area contributed by atoms with Crippen LogP contribution in [0, 0.1) is 10.1 Å². The van der Waals surface area contributed by atoms with Crippen molar-refractivity contribution >= 4 is 29.1 Å². The van der Waals surface area contributed by atoms with Gasteiger partial charge in [-0.25, -0.2) is 0 Å². The second kappa shape index (κ2) is 6.87. The fourth-order valence-corrected chi connectivity index (χ4v) is 1.99. The minimum Gasteiger partial charge on any atom is -0.497 e. The number of non-ortho nitro benzene ring substituents is 1. The highest BCUT2D eigenvalue weighted by atomic mass is 35.5. The van der Waals surface area contributed by atoms with Crippen LogP contribution in [0.4, 0.5) is 5.69 Å². The van der Waals surface area contributed by atoms with Crippen LogP contribution in [0.15, 0.2) is 48.5 Å². The largest absolute Gasteiger partial charge is 0.497 e. The zero-order chi connectivity index (χ0) is 16.1. The van der Waals surface area contributed by atoms with E-state index >= 15 is 0 Å². The number of allylic oxidation sites excluding steroid dienone is 1. The van der Waals surface area contributed by atoms with E-state index in [2.05, 4.69) is 0 Å². The van der Waals surface area contributed by atoms with Gasteiger partial charge in [0.2, 0.25) is 0 Å². The Morgan fingerprint density at radius 1 is 1.27 bits per heavy atom. The van der Waals surface area contributed by atoms with Gasteiger partial charge in [-0.1, -0.05) is 23.7 Å². The minimum absolute atomic E-state index is 0.0853. The summed E-state index contributed by atoms with van der Waals surface area (Å²) in [5.41, 5.74) is 0.780. The zero-order valence-corrected chi connectivity index (χ0v) is 12.4. The zero-order valence-electron chi connectivity index (χ0n) is 11.7. The summed E-state index contributed by atoms with van der Waals surface area (Å²) in [6.07, 6.45) is 2.77. The first-order valence-corrected chi connectivity index (χ1v) is 6.69. The van der Waals surface area contributed by atoms with Gasteiger partial charge in [0, 0.05) is 22.7 Å². The summed E-state index contributed by atoms with van der Waals surface area (Å²) in [4.78, 5) is 22.3. The number of ketones is 1. The Labute approximate surface area is 131 Å². The van der Waals surface area contributed by atoms with Gasteiger partial charge < -0.3 is 4.74 Å². The third kappa shape index (κ3) is 3.71. The Hall–Kier alpha value is -2.66. The van der Waals surface area contributed by atoms with Gasteiger partial charge in [-0.3, -0.25) is 14.9 Å². The normalized spacial score (nSPS) is 10.6. The first kappa shape index (κ1) is 15.7. The van der Waals surface area contributed by atoms with Crippen molar-refractivity contribution in [1.82, 2.24) is 0 Å². The summed E-state index contributed by atoms with van der Waals surface area (Å²) in [5.74, 6) is 0.328. The van der Waals surface area contributed by atoms with Gasteiger partial charge in [-0.15, -0.1) is 0 Å². The highest BCUT2D eigenvalue weighted by molar-refractivity contribution is 6.32. The van der Waals surface area contributed by atoms with Crippen molar-refractivity contribution in [2.45, 2.75) is 0 Å². The molecule has 0 aromatic heterocycles. The van der Waals surface area contributed by atoms with Crippen molar-refractivity contribution in [3.05, 3.63) is 74.8 Å². The molecular formula is C16H12ClNO4. The molecule has 0 fully saturated rings. The van der Waals surface area contributed by atoms with Crippen LogP contribution in [-0.2, 0) is 0 Å². The molecule has 22 heavy (non-hydrogen) atoms. The maximum atomic E-state index is 12.1. The predicted octanol–water partition coefficient (Wildman–Crippen LogP) is 4.15. The molecule has 2 rings (SSSR count). The van der Waals surface area contributed by atoms with Crippen LogP contribution in [0.2, 0.25) is 5.02 Å². The number of methoxy groups -OCH3 is 1. The molecule has 0 aliphatic heterocycles. The first-order chi connectivity index (χ1) is 10.5. The molecule has 6 heteroatoms. The maximum absolute atomic E-state index is 12.1. The molecule has 5 nitrogen and oxygen atoms in total. The van der Waals surface area contributed by atoms with Crippen molar-refractivity contribution in [1.29, 1.82) is 0 Å². The first-order valence-electron chi connectivity index (χ1n) is 6.31. The molecule has 0 N–H and O–H groups in total. The van der Waals surface area contributed by atoms with E-state index in [9.17, 15) is 14.9 Å². The van der Waals surface area contributed by atoms with E-state index in [1.54, 1.807) is 24.3 Å². The van der Waals surface area contributed by atoms with E-state index < -0.39 is 4.92 Å². The maximum Gasteiger partial charge on any atom is 0.270 e. The topological polar surface area (TPSA) is 69.4 Å². The van der Waals surface area contributed by atoms with E-state index in [4.69, 9.17) is 16.3 Å². The average Bonchev–Trinajstić information content (AvgIpc) is 2.53. The lowest BCUT2D eigenvalue weighted by Crippen LogP contribution is -1.95. The molecule has 0 amide bonds. The lowest BCUT2D eigenvalue weighted by Gasteiger charge is -2.01. The number of hydrogen-bond acceptors (Lipinski definition) is 4. The highest BCUT2D eigenvalue weighted by Crippen LogP contribution is 2.23. The van der Waals surface area contributed by atoms with Crippen LogP contribution in [0.1, 0.15) is 15.9 Å². The summed E-state index contributed by atoms with van der Waals surface area (Å²) in [6, 6.07) is 10.8. The van der Waals surface area contributed by atoms with Gasteiger partial charge in [-0.05, 0) is 35.9 Å². The van der Waals surface area contributed by atoms with Crippen molar-refractivity contribution in [2.75, 3.05) is 7.11 Å². The van der Waals surface area contributed by atoms with Gasteiger partial charge in [0.1, 0.15) is 5.75 Å². The number of ether oxygens (including phenoxy) is 1. The number of hydrogen-bond donors (Lipinski definition) is 0. The number of nitro groups is 1. The Morgan fingerprint density at radius 2 is 2.05 bits per heavy atom. The smallest absolute Gasteiger partial charge is 0.270 e. The quantitative estimate of drug-likeness (QED) is 0.359. The molecule has 0 aliphatic rings. The van der Waals surface area contributed by atoms with Crippen LogP contribution in [0.5, 0.6) is 5.75 Å². The van der Waals surface area contributed by atoms with Gasteiger partial charge in [0.15, 0.2) is 5.78 Å². The van der Waals surface area contributed by atoms with Gasteiger partial charge >= 0.3 is 0 Å². The fourth-order valence-electron chi connectivity index (χ4n) is 1.81. The standard InChI is InChI=1S/C16H12ClNO4/c1-22-14-4-2-3-12(10-14)16(19)8-5-11-9-13(18(20)21)6-7-15(11)17/h2-10H,1H3/b8-5+. The molecule has 0 atom stereocenters. The lowest BCUT2D eigenvalue weighted by molar-refractivity contribution is -0.384. The molecular weight excluding hydrogens is 306 g/mol. The number of halogens is 1. The fraction of sp³-hybridized carbons (Fsp3) is 0.0625. The summed E-state index contributed by atoms with van der Waals surface area (Å²) >= 11 is 5.97. The molecule has 0 aliphatic carbocycles. The number of benzene rings is 2. The summed E-state index contributed by atoms with van der Waals surface area (Å²) in [7, 11) is 1.52. The van der Waals surface area contributed by atoms with Crippen molar-refractivity contribution in [3.63, 3.8) is 0 Å². The Kier molecular flexibility index (Phi) is 4.91. The number of carbonyl (C=O) groups excluding carboxylic acids is 1. The van der Waals surface area contributed by atoms with Crippen LogP contribution < -0.4 is 4.74 Å². The van der Waals surface area contributed by atoms with Gasteiger partial charge in [-0.2, -0.15) is 0 Å². The third-order valence-corrected chi connectivity index (χ3v) is 3.30. The van der Waals surface area contributed by atoms with Crippen LogP contribution in [0.3, 0.4) is 0 Å².